The molecule has 2 aromatic heterocycles. The summed E-state index contributed by atoms with van der Waals surface area (Å²) in [6.07, 6.45) is 0.860. The van der Waals surface area contributed by atoms with Crippen molar-refractivity contribution in [1.82, 2.24) is 20.7 Å². The molecule has 6 heteroatoms. The third kappa shape index (κ3) is 2.42. The molecule has 0 spiro atoms. The minimum absolute atomic E-state index is 0.0514. The number of carbonyl (C=O) groups excluding carboxylic acids is 1. The fourth-order valence-corrected chi connectivity index (χ4v) is 2.95. The van der Waals surface area contributed by atoms with Gasteiger partial charge in [-0.1, -0.05) is 13.0 Å². The summed E-state index contributed by atoms with van der Waals surface area (Å²) in [6.45, 7) is 2.06. The van der Waals surface area contributed by atoms with Gasteiger partial charge in [0.1, 0.15) is 11.0 Å². The van der Waals surface area contributed by atoms with E-state index in [1.165, 1.54) is 4.88 Å². The molecule has 1 atom stereocenters. The Bertz CT molecular complexity index is 720. The van der Waals surface area contributed by atoms with Crippen LogP contribution < -0.4 is 5.32 Å². The van der Waals surface area contributed by atoms with E-state index in [9.17, 15) is 4.79 Å². The highest BCUT2D eigenvalue weighted by molar-refractivity contribution is 7.10. The van der Waals surface area contributed by atoms with E-state index in [4.69, 9.17) is 0 Å². The van der Waals surface area contributed by atoms with Crippen LogP contribution in [0.3, 0.4) is 0 Å². The van der Waals surface area contributed by atoms with Crippen LogP contribution in [0.4, 0.5) is 0 Å². The summed E-state index contributed by atoms with van der Waals surface area (Å²) >= 11 is 1.65. The number of carbonyl (C=O) groups is 1. The fraction of sp³-hybridized carbons (Fsp3) is 0.214. The number of aromatic amines is 1. The van der Waals surface area contributed by atoms with Crippen LogP contribution >= 0.6 is 11.3 Å². The van der Waals surface area contributed by atoms with Gasteiger partial charge in [0, 0.05) is 10.4 Å². The molecule has 20 heavy (non-hydrogen) atoms. The highest BCUT2D eigenvalue weighted by Crippen LogP contribution is 2.22. The van der Waals surface area contributed by atoms with Crippen LogP contribution in [-0.2, 0) is 0 Å². The van der Waals surface area contributed by atoms with Crippen molar-refractivity contribution >= 4 is 28.3 Å². The zero-order chi connectivity index (χ0) is 13.9. The number of hydrogen-bond donors (Lipinski definition) is 2. The van der Waals surface area contributed by atoms with E-state index < -0.39 is 0 Å². The number of benzene rings is 1. The Hall–Kier alpha value is -2.21. The molecule has 3 aromatic rings. The Balaban J connectivity index is 1.81. The summed E-state index contributed by atoms with van der Waals surface area (Å²) in [5, 5.41) is 15.6. The SMILES string of the molecule is CC[C@H](NC(=O)c1ccc2n[nH]nc2c1)c1cccs1. The van der Waals surface area contributed by atoms with Gasteiger partial charge in [-0.3, -0.25) is 4.79 Å². The minimum Gasteiger partial charge on any atom is -0.344 e. The number of thiophene rings is 1. The maximum absolute atomic E-state index is 12.3. The number of amides is 1. The number of nitrogens with zero attached hydrogens (tertiary/aromatic N) is 2. The van der Waals surface area contributed by atoms with Gasteiger partial charge in [0.25, 0.3) is 5.91 Å². The lowest BCUT2D eigenvalue weighted by molar-refractivity contribution is 0.0936. The molecule has 0 saturated carbocycles. The van der Waals surface area contributed by atoms with Crippen molar-refractivity contribution in [3.8, 4) is 0 Å². The van der Waals surface area contributed by atoms with Crippen LogP contribution in [-0.4, -0.2) is 21.3 Å². The van der Waals surface area contributed by atoms with Crippen LogP contribution in [0.15, 0.2) is 35.7 Å². The molecule has 2 heterocycles. The second-order valence-corrected chi connectivity index (χ2v) is 5.46. The zero-order valence-corrected chi connectivity index (χ0v) is 11.8. The van der Waals surface area contributed by atoms with Crippen molar-refractivity contribution in [2.24, 2.45) is 0 Å². The largest absolute Gasteiger partial charge is 0.344 e. The average Bonchev–Trinajstić information content (AvgIpc) is 3.14. The van der Waals surface area contributed by atoms with Gasteiger partial charge in [-0.15, -0.1) is 11.3 Å². The molecule has 0 aliphatic heterocycles. The van der Waals surface area contributed by atoms with Gasteiger partial charge < -0.3 is 5.32 Å². The van der Waals surface area contributed by atoms with Crippen molar-refractivity contribution in [2.45, 2.75) is 19.4 Å². The van der Waals surface area contributed by atoms with E-state index in [0.717, 1.165) is 11.9 Å². The molecule has 0 unspecified atom stereocenters. The summed E-state index contributed by atoms with van der Waals surface area (Å²) in [7, 11) is 0. The normalized spacial score (nSPS) is 12.4. The van der Waals surface area contributed by atoms with Crippen LogP contribution in [0.25, 0.3) is 11.0 Å². The maximum atomic E-state index is 12.3. The predicted molar refractivity (Wildman–Crippen MR) is 78.7 cm³/mol. The number of aromatic nitrogens is 3. The number of nitrogens with one attached hydrogen (secondary N) is 2. The fourth-order valence-electron chi connectivity index (χ4n) is 2.09. The predicted octanol–water partition coefficient (Wildman–Crippen LogP) is 2.90. The lowest BCUT2D eigenvalue weighted by Crippen LogP contribution is -2.27. The number of rotatable bonds is 4. The minimum atomic E-state index is -0.0878. The molecular formula is C14H14N4OS. The molecule has 1 amide bonds. The summed E-state index contributed by atoms with van der Waals surface area (Å²) < 4.78 is 0. The van der Waals surface area contributed by atoms with E-state index in [1.807, 2.05) is 17.5 Å². The molecule has 102 valence electrons. The van der Waals surface area contributed by atoms with E-state index in [0.29, 0.717) is 11.1 Å². The Morgan fingerprint density at radius 3 is 2.95 bits per heavy atom. The van der Waals surface area contributed by atoms with Crippen molar-refractivity contribution in [1.29, 1.82) is 0 Å². The first-order valence-electron chi connectivity index (χ1n) is 6.42. The molecule has 1 aromatic carbocycles. The van der Waals surface area contributed by atoms with Gasteiger partial charge in [0.15, 0.2) is 0 Å². The van der Waals surface area contributed by atoms with E-state index >= 15 is 0 Å². The lowest BCUT2D eigenvalue weighted by Gasteiger charge is -2.15. The molecule has 2 N–H and O–H groups in total. The average molecular weight is 286 g/mol. The summed E-state index contributed by atoms with van der Waals surface area (Å²) in [5.74, 6) is -0.0878. The van der Waals surface area contributed by atoms with Gasteiger partial charge in [-0.05, 0) is 36.1 Å². The third-order valence-corrected chi connectivity index (χ3v) is 4.16. The maximum Gasteiger partial charge on any atom is 0.251 e. The van der Waals surface area contributed by atoms with Gasteiger partial charge >= 0.3 is 0 Å². The van der Waals surface area contributed by atoms with Gasteiger partial charge in [-0.25, -0.2) is 0 Å². The first kappa shape index (κ1) is 12.8. The molecule has 0 bridgehead atoms. The van der Waals surface area contributed by atoms with E-state index in [2.05, 4.69) is 27.7 Å². The van der Waals surface area contributed by atoms with Gasteiger partial charge in [0.2, 0.25) is 0 Å². The topological polar surface area (TPSA) is 70.7 Å². The zero-order valence-electron chi connectivity index (χ0n) is 11.0. The summed E-state index contributed by atoms with van der Waals surface area (Å²) in [4.78, 5) is 13.5. The molecular weight excluding hydrogens is 272 g/mol. The molecule has 3 rings (SSSR count). The van der Waals surface area contributed by atoms with Crippen molar-refractivity contribution in [3.05, 3.63) is 46.2 Å². The molecule has 0 radical (unpaired) electrons. The molecule has 0 fully saturated rings. The van der Waals surface area contributed by atoms with Gasteiger partial charge in [-0.2, -0.15) is 15.4 Å². The van der Waals surface area contributed by atoms with Crippen LogP contribution in [0.1, 0.15) is 34.6 Å². The number of H-pyrrole nitrogens is 1. The lowest BCUT2D eigenvalue weighted by atomic mass is 10.1. The first-order valence-corrected chi connectivity index (χ1v) is 7.30. The Morgan fingerprint density at radius 2 is 2.20 bits per heavy atom. The Labute approximate surface area is 120 Å². The highest BCUT2D eigenvalue weighted by Gasteiger charge is 2.15. The molecule has 0 aliphatic rings. The smallest absolute Gasteiger partial charge is 0.251 e. The Kier molecular flexibility index (Phi) is 3.47. The van der Waals surface area contributed by atoms with Crippen molar-refractivity contribution < 1.29 is 4.79 Å². The van der Waals surface area contributed by atoms with Gasteiger partial charge in [0.05, 0.1) is 6.04 Å². The summed E-state index contributed by atoms with van der Waals surface area (Å²) in [6, 6.07) is 9.39. The van der Waals surface area contributed by atoms with E-state index in [-0.39, 0.29) is 11.9 Å². The second-order valence-electron chi connectivity index (χ2n) is 4.48. The van der Waals surface area contributed by atoms with E-state index in [1.54, 1.807) is 29.5 Å². The van der Waals surface area contributed by atoms with Crippen molar-refractivity contribution in [2.75, 3.05) is 0 Å². The highest BCUT2D eigenvalue weighted by atomic mass is 32.1. The van der Waals surface area contributed by atoms with Crippen LogP contribution in [0, 0.1) is 0 Å². The first-order chi connectivity index (χ1) is 9.78. The number of hydrogen-bond acceptors (Lipinski definition) is 4. The molecule has 0 saturated heterocycles. The van der Waals surface area contributed by atoms with Crippen molar-refractivity contribution in [3.63, 3.8) is 0 Å². The number of fused-ring (bicyclic) bond motifs is 1. The monoisotopic (exact) mass is 286 g/mol. The quantitative estimate of drug-likeness (QED) is 0.774. The van der Waals surface area contributed by atoms with Crippen LogP contribution in [0.2, 0.25) is 0 Å². The second kappa shape index (κ2) is 5.42. The standard InChI is InChI=1S/C14H14N4OS/c1-2-10(13-4-3-7-20-13)15-14(19)9-5-6-11-12(8-9)17-18-16-11/h3-8,10H,2H2,1H3,(H,15,19)(H,16,17,18)/t10-/m0/s1. The van der Waals surface area contributed by atoms with Crippen LogP contribution in [0.5, 0.6) is 0 Å². The third-order valence-electron chi connectivity index (χ3n) is 3.18. The Morgan fingerprint density at radius 1 is 1.35 bits per heavy atom. The molecule has 0 aliphatic carbocycles. The molecule has 5 nitrogen and oxygen atoms in total. The summed E-state index contributed by atoms with van der Waals surface area (Å²) in [5.41, 5.74) is 2.05.